The van der Waals surface area contributed by atoms with Crippen molar-refractivity contribution in [2.45, 2.75) is 25.6 Å². The minimum Gasteiger partial charge on any atom is -0.444 e. The molecule has 0 atom stereocenters. The van der Waals surface area contributed by atoms with Crippen LogP contribution in [0.5, 0.6) is 0 Å². The number of carbonyl (C=O) groups is 1. The number of halogens is 3. The number of methoxy groups -OCH3 is 2. The molecule has 0 bridgehead atoms. The average molecular weight is 477 g/mol. The first kappa shape index (κ1) is 24.9. The minimum atomic E-state index is -4.50. The SMILES string of the molecule is COC(Cn1c(-c2ccc(C(F)(F)F)cc2)ncc(NC(=O)OCc2ccccc2)c1=O)OC. The number of anilines is 1. The van der Waals surface area contributed by atoms with Gasteiger partial charge in [0.15, 0.2) is 6.29 Å². The number of hydrogen-bond donors (Lipinski definition) is 1. The second kappa shape index (κ2) is 10.9. The Bertz CT molecular complexity index is 1160. The zero-order valence-corrected chi connectivity index (χ0v) is 18.3. The summed E-state index contributed by atoms with van der Waals surface area (Å²) in [6, 6.07) is 13.2. The molecule has 2 aromatic carbocycles. The second-order valence-electron chi connectivity index (χ2n) is 7.07. The fourth-order valence-electron chi connectivity index (χ4n) is 3.05. The van der Waals surface area contributed by atoms with E-state index in [0.717, 1.165) is 28.5 Å². The van der Waals surface area contributed by atoms with Crippen LogP contribution in [0, 0.1) is 0 Å². The second-order valence-corrected chi connectivity index (χ2v) is 7.07. The van der Waals surface area contributed by atoms with Crippen molar-refractivity contribution in [2.75, 3.05) is 19.5 Å². The molecule has 0 fully saturated rings. The van der Waals surface area contributed by atoms with Crippen LogP contribution in [0.3, 0.4) is 0 Å². The Hall–Kier alpha value is -3.70. The molecule has 11 heteroatoms. The Labute approximate surface area is 192 Å². The van der Waals surface area contributed by atoms with Crippen LogP contribution in [0.2, 0.25) is 0 Å². The van der Waals surface area contributed by atoms with Gasteiger partial charge in [-0.05, 0) is 17.7 Å². The first-order valence-electron chi connectivity index (χ1n) is 10.0. The Morgan fingerprint density at radius 1 is 1.06 bits per heavy atom. The highest BCUT2D eigenvalue weighted by Gasteiger charge is 2.30. The summed E-state index contributed by atoms with van der Waals surface area (Å²) in [6.07, 6.45) is -5.11. The van der Waals surface area contributed by atoms with Crippen molar-refractivity contribution in [3.05, 3.63) is 82.3 Å². The minimum absolute atomic E-state index is 0.00659. The van der Waals surface area contributed by atoms with Crippen LogP contribution >= 0.6 is 0 Å². The van der Waals surface area contributed by atoms with Gasteiger partial charge in [-0.15, -0.1) is 0 Å². The lowest BCUT2D eigenvalue weighted by atomic mass is 10.1. The van der Waals surface area contributed by atoms with E-state index in [2.05, 4.69) is 10.3 Å². The molecule has 0 aliphatic carbocycles. The van der Waals surface area contributed by atoms with Gasteiger partial charge in [0.1, 0.15) is 18.1 Å². The zero-order valence-electron chi connectivity index (χ0n) is 18.3. The number of aromatic nitrogens is 2. The van der Waals surface area contributed by atoms with Gasteiger partial charge in [0.25, 0.3) is 5.56 Å². The van der Waals surface area contributed by atoms with Crippen LogP contribution in [0.15, 0.2) is 65.6 Å². The van der Waals surface area contributed by atoms with E-state index in [1.165, 1.54) is 26.4 Å². The van der Waals surface area contributed by atoms with Gasteiger partial charge in [0, 0.05) is 19.8 Å². The van der Waals surface area contributed by atoms with E-state index < -0.39 is 29.7 Å². The van der Waals surface area contributed by atoms with Crippen molar-refractivity contribution in [3.8, 4) is 11.4 Å². The van der Waals surface area contributed by atoms with Crippen molar-refractivity contribution < 1.29 is 32.2 Å². The molecule has 0 saturated carbocycles. The Morgan fingerprint density at radius 2 is 1.71 bits per heavy atom. The quantitative estimate of drug-likeness (QED) is 0.487. The van der Waals surface area contributed by atoms with E-state index in [1.807, 2.05) is 6.07 Å². The highest BCUT2D eigenvalue weighted by Crippen LogP contribution is 2.30. The summed E-state index contributed by atoms with van der Waals surface area (Å²) in [7, 11) is 2.74. The molecular formula is C23H22F3N3O5. The van der Waals surface area contributed by atoms with E-state index in [0.29, 0.717) is 0 Å². The number of amides is 1. The molecule has 0 saturated heterocycles. The smallest absolute Gasteiger partial charge is 0.416 e. The molecule has 180 valence electrons. The van der Waals surface area contributed by atoms with Gasteiger partial charge >= 0.3 is 12.3 Å². The number of carbonyl (C=O) groups excluding carboxylic acids is 1. The normalized spacial score (nSPS) is 11.5. The molecule has 0 spiro atoms. The fourth-order valence-corrected chi connectivity index (χ4v) is 3.05. The van der Waals surface area contributed by atoms with Crippen molar-refractivity contribution >= 4 is 11.8 Å². The Morgan fingerprint density at radius 3 is 2.29 bits per heavy atom. The van der Waals surface area contributed by atoms with Crippen LogP contribution in [-0.2, 0) is 33.5 Å². The molecule has 0 aliphatic rings. The zero-order chi connectivity index (χ0) is 24.7. The molecule has 1 heterocycles. The fraction of sp³-hybridized carbons (Fsp3) is 0.261. The van der Waals surface area contributed by atoms with E-state index in [-0.39, 0.29) is 30.2 Å². The van der Waals surface area contributed by atoms with Gasteiger partial charge in [-0.3, -0.25) is 14.7 Å². The third kappa shape index (κ3) is 6.21. The first-order chi connectivity index (χ1) is 16.2. The average Bonchev–Trinajstić information content (AvgIpc) is 2.83. The summed E-state index contributed by atoms with van der Waals surface area (Å²) in [4.78, 5) is 29.5. The van der Waals surface area contributed by atoms with Crippen LogP contribution in [0.1, 0.15) is 11.1 Å². The molecule has 8 nitrogen and oxygen atoms in total. The molecule has 1 aromatic heterocycles. The lowest BCUT2D eigenvalue weighted by molar-refractivity contribution is -0.137. The predicted octanol–water partition coefficient (Wildman–Crippen LogP) is 4.30. The molecule has 3 aromatic rings. The summed E-state index contributed by atoms with van der Waals surface area (Å²) in [5.41, 5.74) is -0.667. The van der Waals surface area contributed by atoms with Gasteiger partial charge in [0.2, 0.25) is 0 Å². The van der Waals surface area contributed by atoms with Crippen LogP contribution in [-0.4, -0.2) is 36.2 Å². The maximum Gasteiger partial charge on any atom is 0.416 e. The number of benzene rings is 2. The number of nitrogens with zero attached hydrogens (tertiary/aromatic N) is 2. The third-order valence-electron chi connectivity index (χ3n) is 4.82. The van der Waals surface area contributed by atoms with Crippen LogP contribution in [0.25, 0.3) is 11.4 Å². The highest BCUT2D eigenvalue weighted by molar-refractivity contribution is 5.84. The van der Waals surface area contributed by atoms with Gasteiger partial charge < -0.3 is 14.2 Å². The van der Waals surface area contributed by atoms with Gasteiger partial charge in [-0.1, -0.05) is 42.5 Å². The number of alkyl halides is 3. The maximum absolute atomic E-state index is 13.1. The van der Waals surface area contributed by atoms with E-state index in [4.69, 9.17) is 14.2 Å². The largest absolute Gasteiger partial charge is 0.444 e. The molecule has 3 rings (SSSR count). The lowest BCUT2D eigenvalue weighted by Crippen LogP contribution is -2.33. The molecule has 0 unspecified atom stereocenters. The summed E-state index contributed by atoms with van der Waals surface area (Å²) < 4.78 is 55.3. The first-order valence-corrected chi connectivity index (χ1v) is 10.0. The van der Waals surface area contributed by atoms with E-state index in [9.17, 15) is 22.8 Å². The van der Waals surface area contributed by atoms with Crippen LogP contribution in [0.4, 0.5) is 23.7 Å². The molecular weight excluding hydrogens is 455 g/mol. The summed E-state index contributed by atoms with van der Waals surface area (Å²) in [5, 5.41) is 2.35. The Kier molecular flexibility index (Phi) is 8.03. The number of hydrogen-bond acceptors (Lipinski definition) is 6. The topological polar surface area (TPSA) is 91.7 Å². The highest BCUT2D eigenvalue weighted by atomic mass is 19.4. The standard InChI is InChI=1S/C23H22F3N3O5/c1-32-19(33-2)13-29-20(16-8-10-17(11-9-16)23(24,25)26)27-12-18(21(29)30)28-22(31)34-14-15-6-4-3-5-7-15/h3-12,19H,13-14H2,1-2H3,(H,28,31). The van der Waals surface area contributed by atoms with Crippen molar-refractivity contribution in [1.29, 1.82) is 0 Å². The molecule has 0 aliphatic heterocycles. The molecule has 0 radical (unpaired) electrons. The van der Waals surface area contributed by atoms with E-state index >= 15 is 0 Å². The van der Waals surface area contributed by atoms with Gasteiger partial charge in [-0.2, -0.15) is 13.2 Å². The molecule has 1 amide bonds. The number of rotatable bonds is 8. The van der Waals surface area contributed by atoms with Gasteiger partial charge in [0.05, 0.1) is 18.3 Å². The lowest BCUT2D eigenvalue weighted by Gasteiger charge is -2.19. The van der Waals surface area contributed by atoms with Gasteiger partial charge in [-0.25, -0.2) is 9.78 Å². The summed E-state index contributed by atoms with van der Waals surface area (Å²) in [5.74, 6) is 0.0704. The van der Waals surface area contributed by atoms with Crippen molar-refractivity contribution in [2.24, 2.45) is 0 Å². The monoisotopic (exact) mass is 477 g/mol. The Balaban J connectivity index is 1.89. The summed E-state index contributed by atoms with van der Waals surface area (Å²) >= 11 is 0. The molecule has 1 N–H and O–H groups in total. The number of ether oxygens (including phenoxy) is 3. The van der Waals surface area contributed by atoms with Crippen LogP contribution < -0.4 is 10.9 Å². The predicted molar refractivity (Wildman–Crippen MR) is 117 cm³/mol. The maximum atomic E-state index is 13.1. The number of nitrogens with one attached hydrogen (secondary N) is 1. The van der Waals surface area contributed by atoms with Crippen molar-refractivity contribution in [3.63, 3.8) is 0 Å². The molecule has 34 heavy (non-hydrogen) atoms. The summed E-state index contributed by atoms with van der Waals surface area (Å²) in [6.45, 7) is -0.142. The third-order valence-corrected chi connectivity index (χ3v) is 4.82. The van der Waals surface area contributed by atoms with Crippen molar-refractivity contribution in [1.82, 2.24) is 9.55 Å². The van der Waals surface area contributed by atoms with E-state index in [1.54, 1.807) is 24.3 Å².